The molecule has 0 aromatic heterocycles. The highest BCUT2D eigenvalue weighted by molar-refractivity contribution is 7.92. The molecule has 0 saturated carbocycles. The number of sulfonamides is 1. The lowest BCUT2D eigenvalue weighted by atomic mass is 10.1. The molecule has 6 nitrogen and oxygen atoms in total. The van der Waals surface area contributed by atoms with Crippen LogP contribution in [-0.2, 0) is 16.2 Å². The average molecular weight is 395 g/mol. The van der Waals surface area contributed by atoms with Crippen molar-refractivity contribution in [3.8, 4) is 0 Å². The van der Waals surface area contributed by atoms with Crippen LogP contribution < -0.4 is 4.72 Å². The van der Waals surface area contributed by atoms with Gasteiger partial charge in [0.05, 0.1) is 20.4 Å². The van der Waals surface area contributed by atoms with Crippen molar-refractivity contribution in [3.63, 3.8) is 0 Å². The molecule has 0 atom stereocenters. The highest BCUT2D eigenvalue weighted by atomic mass is 35.5. The summed E-state index contributed by atoms with van der Waals surface area (Å²) in [5.74, 6) is 0. The van der Waals surface area contributed by atoms with Crippen LogP contribution in [0.5, 0.6) is 0 Å². The van der Waals surface area contributed by atoms with Gasteiger partial charge in [-0.2, -0.15) is 13.2 Å². The standard InChI is InChI=1S/C14H10ClF3N2O4S/c1-8-2-4-9(5-3-8)25(23,24)19-12-6-10(14(16,17)18)11(15)7-13(12)20(21)22/h2-7,19H,1H3. The molecule has 0 amide bonds. The summed E-state index contributed by atoms with van der Waals surface area (Å²) in [6.07, 6.45) is -4.91. The number of anilines is 1. The maximum absolute atomic E-state index is 12.9. The van der Waals surface area contributed by atoms with Crippen molar-refractivity contribution in [2.45, 2.75) is 18.0 Å². The predicted octanol–water partition coefficient (Wildman–Crippen LogP) is 4.38. The first kappa shape index (κ1) is 19.0. The number of benzene rings is 2. The molecule has 0 aliphatic rings. The molecule has 1 N–H and O–H groups in total. The fourth-order valence-electron chi connectivity index (χ4n) is 1.93. The summed E-state index contributed by atoms with van der Waals surface area (Å²) in [5.41, 5.74) is -2.35. The van der Waals surface area contributed by atoms with Crippen LogP contribution in [0.3, 0.4) is 0 Å². The zero-order chi connectivity index (χ0) is 19.0. The van der Waals surface area contributed by atoms with Gasteiger partial charge in [-0.3, -0.25) is 14.8 Å². The van der Waals surface area contributed by atoms with Gasteiger partial charge in [-0.1, -0.05) is 29.3 Å². The Balaban J connectivity index is 2.57. The van der Waals surface area contributed by atoms with E-state index in [9.17, 15) is 31.7 Å². The number of rotatable bonds is 4. The van der Waals surface area contributed by atoms with E-state index in [0.29, 0.717) is 12.1 Å². The summed E-state index contributed by atoms with van der Waals surface area (Å²) in [7, 11) is -4.33. The summed E-state index contributed by atoms with van der Waals surface area (Å²) in [5, 5.41) is 10.1. The Labute approximate surface area is 145 Å². The van der Waals surface area contributed by atoms with E-state index in [0.717, 1.165) is 5.56 Å². The Bertz CT molecular complexity index is 928. The first-order valence-corrected chi connectivity index (χ1v) is 8.42. The van der Waals surface area contributed by atoms with E-state index in [4.69, 9.17) is 11.6 Å². The Morgan fingerprint density at radius 2 is 1.72 bits per heavy atom. The van der Waals surface area contributed by atoms with Crippen molar-refractivity contribution in [3.05, 3.63) is 62.7 Å². The minimum absolute atomic E-state index is 0.254. The average Bonchev–Trinajstić information content (AvgIpc) is 2.47. The van der Waals surface area contributed by atoms with Gasteiger partial charge in [-0.15, -0.1) is 0 Å². The number of halogens is 4. The number of nitrogens with one attached hydrogen (secondary N) is 1. The number of nitrogens with zero attached hydrogens (tertiary/aromatic N) is 1. The molecule has 0 saturated heterocycles. The number of nitro benzene ring substituents is 1. The van der Waals surface area contributed by atoms with E-state index in [1.807, 2.05) is 4.72 Å². The smallest absolute Gasteiger partial charge is 0.273 e. The van der Waals surface area contributed by atoms with Crippen molar-refractivity contribution in [2.75, 3.05) is 4.72 Å². The highest BCUT2D eigenvalue weighted by Gasteiger charge is 2.36. The number of nitro groups is 1. The van der Waals surface area contributed by atoms with Crippen LogP contribution in [0.1, 0.15) is 11.1 Å². The van der Waals surface area contributed by atoms with Gasteiger partial charge in [0.1, 0.15) is 5.69 Å². The Morgan fingerprint density at radius 1 is 1.16 bits per heavy atom. The number of hydrogen-bond donors (Lipinski definition) is 1. The van der Waals surface area contributed by atoms with Gasteiger partial charge in [-0.25, -0.2) is 8.42 Å². The number of hydrogen-bond acceptors (Lipinski definition) is 4. The van der Waals surface area contributed by atoms with Crippen LogP contribution in [0.4, 0.5) is 24.5 Å². The van der Waals surface area contributed by atoms with Crippen LogP contribution in [0.15, 0.2) is 41.3 Å². The lowest BCUT2D eigenvalue weighted by Gasteiger charge is -2.13. The SMILES string of the molecule is Cc1ccc(S(=O)(=O)Nc2cc(C(F)(F)F)c(Cl)cc2[N+](=O)[O-])cc1. The molecule has 2 rings (SSSR count). The maximum Gasteiger partial charge on any atom is 0.417 e. The molecule has 11 heteroatoms. The fourth-order valence-corrected chi connectivity index (χ4v) is 3.26. The van der Waals surface area contributed by atoms with Crippen LogP contribution >= 0.6 is 11.6 Å². The van der Waals surface area contributed by atoms with Gasteiger partial charge in [0.15, 0.2) is 0 Å². The predicted molar refractivity (Wildman–Crippen MR) is 85.1 cm³/mol. The topological polar surface area (TPSA) is 89.3 Å². The molecule has 0 spiro atoms. The highest BCUT2D eigenvalue weighted by Crippen LogP contribution is 2.40. The van der Waals surface area contributed by atoms with E-state index < -0.39 is 43.1 Å². The first-order chi connectivity index (χ1) is 11.4. The van der Waals surface area contributed by atoms with Gasteiger partial charge in [-0.05, 0) is 25.1 Å². The minimum Gasteiger partial charge on any atom is -0.273 e. The van der Waals surface area contributed by atoms with Gasteiger partial charge in [0.25, 0.3) is 15.7 Å². The molecule has 134 valence electrons. The van der Waals surface area contributed by atoms with Crippen LogP contribution in [-0.4, -0.2) is 13.3 Å². The molecule has 0 aliphatic heterocycles. The van der Waals surface area contributed by atoms with Crippen LogP contribution in [0, 0.1) is 17.0 Å². The van der Waals surface area contributed by atoms with Gasteiger partial charge in [0, 0.05) is 6.07 Å². The molecular formula is C14H10ClF3N2O4S. The van der Waals surface area contributed by atoms with Gasteiger partial charge < -0.3 is 0 Å². The van der Waals surface area contributed by atoms with Gasteiger partial charge >= 0.3 is 6.18 Å². The molecule has 0 radical (unpaired) electrons. The molecule has 2 aromatic rings. The second-order valence-electron chi connectivity index (χ2n) is 5.02. The number of aryl methyl sites for hydroxylation is 1. The molecule has 0 aliphatic carbocycles. The van der Waals surface area contributed by atoms with E-state index in [1.54, 1.807) is 6.92 Å². The Hall–Kier alpha value is -2.33. The maximum atomic E-state index is 12.9. The minimum atomic E-state index is -4.91. The van der Waals surface area contributed by atoms with E-state index >= 15 is 0 Å². The molecule has 0 heterocycles. The first-order valence-electron chi connectivity index (χ1n) is 6.56. The van der Waals surface area contributed by atoms with E-state index in [2.05, 4.69) is 0 Å². The fraction of sp³-hybridized carbons (Fsp3) is 0.143. The normalized spacial score (nSPS) is 12.0. The molecule has 2 aromatic carbocycles. The lowest BCUT2D eigenvalue weighted by molar-refractivity contribution is -0.383. The van der Waals surface area contributed by atoms with E-state index in [1.165, 1.54) is 24.3 Å². The van der Waals surface area contributed by atoms with Crippen molar-refractivity contribution in [2.24, 2.45) is 0 Å². The molecular weight excluding hydrogens is 385 g/mol. The quantitative estimate of drug-likeness (QED) is 0.615. The third-order valence-corrected chi connectivity index (χ3v) is 4.86. The summed E-state index contributed by atoms with van der Waals surface area (Å²) >= 11 is 5.43. The Kier molecular flexibility index (Phi) is 4.96. The monoisotopic (exact) mass is 394 g/mol. The van der Waals surface area contributed by atoms with E-state index in [-0.39, 0.29) is 4.90 Å². The van der Waals surface area contributed by atoms with Crippen LogP contribution in [0.25, 0.3) is 0 Å². The van der Waals surface area contributed by atoms with Crippen molar-refractivity contribution in [1.29, 1.82) is 0 Å². The van der Waals surface area contributed by atoms with Crippen molar-refractivity contribution in [1.82, 2.24) is 0 Å². The summed E-state index contributed by atoms with van der Waals surface area (Å²) < 4.78 is 65.2. The third-order valence-electron chi connectivity index (χ3n) is 3.16. The molecule has 0 bridgehead atoms. The zero-order valence-electron chi connectivity index (χ0n) is 12.5. The van der Waals surface area contributed by atoms with Crippen molar-refractivity contribution >= 4 is 33.0 Å². The van der Waals surface area contributed by atoms with Gasteiger partial charge in [0.2, 0.25) is 0 Å². The Morgan fingerprint density at radius 3 is 2.20 bits per heavy atom. The zero-order valence-corrected chi connectivity index (χ0v) is 14.0. The van der Waals surface area contributed by atoms with Crippen molar-refractivity contribution < 1.29 is 26.5 Å². The number of alkyl halides is 3. The molecule has 25 heavy (non-hydrogen) atoms. The summed E-state index contributed by atoms with van der Waals surface area (Å²) in [6, 6.07) is 6.16. The third kappa shape index (κ3) is 4.20. The summed E-state index contributed by atoms with van der Waals surface area (Å²) in [4.78, 5) is 9.75. The second-order valence-corrected chi connectivity index (χ2v) is 7.11. The molecule has 0 fully saturated rings. The second kappa shape index (κ2) is 6.52. The van der Waals surface area contributed by atoms with Crippen LogP contribution in [0.2, 0.25) is 5.02 Å². The molecule has 0 unspecified atom stereocenters. The summed E-state index contributed by atoms with van der Waals surface area (Å²) in [6.45, 7) is 1.71. The lowest BCUT2D eigenvalue weighted by Crippen LogP contribution is -2.15. The largest absolute Gasteiger partial charge is 0.417 e.